The van der Waals surface area contributed by atoms with Gasteiger partial charge in [0.1, 0.15) is 6.29 Å². The molecule has 74 valence electrons. The Morgan fingerprint density at radius 2 is 1.46 bits per heavy atom. The molecule has 0 amide bonds. The highest BCUT2D eigenvalue weighted by Gasteiger charge is 1.85. The third kappa shape index (κ3) is 7.54. The first kappa shape index (κ1) is 14.7. The summed E-state index contributed by atoms with van der Waals surface area (Å²) in [5, 5.41) is 0. The number of aldehydes is 1. The Bertz CT molecular complexity index is 204. The van der Waals surface area contributed by atoms with Crippen molar-refractivity contribution in [3.63, 3.8) is 0 Å². The molecule has 0 radical (unpaired) electrons. The summed E-state index contributed by atoms with van der Waals surface area (Å²) in [5.41, 5.74) is 1.92. The predicted molar refractivity (Wildman–Crippen MR) is 59.7 cm³/mol. The van der Waals surface area contributed by atoms with E-state index in [1.807, 2.05) is 45.0 Å². The minimum absolute atomic E-state index is 0.737. The second kappa shape index (κ2) is 11.2. The number of rotatable bonds is 1. The van der Waals surface area contributed by atoms with Crippen LogP contribution in [0.25, 0.3) is 0 Å². The number of carbonyl (C=O) groups excluding carboxylic acids is 1. The summed E-state index contributed by atoms with van der Waals surface area (Å²) in [6, 6.07) is 7.46. The highest BCUT2D eigenvalue weighted by atomic mass is 35.5. The topological polar surface area (TPSA) is 17.1 Å². The number of benzene rings is 1. The maximum atomic E-state index is 10.1. The predicted octanol–water partition coefficient (Wildman–Crippen LogP) is 3.69. The normalized spacial score (nSPS) is 7.15. The Balaban J connectivity index is 0. The Labute approximate surface area is 85.7 Å². The lowest BCUT2D eigenvalue weighted by Crippen LogP contribution is -1.77. The summed E-state index contributed by atoms with van der Waals surface area (Å²) < 4.78 is 0. The van der Waals surface area contributed by atoms with Gasteiger partial charge in [0.25, 0.3) is 0 Å². The lowest BCUT2D eigenvalue weighted by atomic mass is 10.2. The van der Waals surface area contributed by atoms with Crippen LogP contribution in [0.1, 0.15) is 29.8 Å². The smallest absolute Gasteiger partial charge is 0.150 e. The van der Waals surface area contributed by atoms with Crippen molar-refractivity contribution in [2.24, 2.45) is 0 Å². The molecule has 1 aromatic carbocycles. The number of halogens is 1. The summed E-state index contributed by atoms with van der Waals surface area (Å²) in [6.45, 7) is 5.99. The van der Waals surface area contributed by atoms with Gasteiger partial charge in [-0.15, -0.1) is 11.6 Å². The standard InChI is InChI=1S/C8H8O.C2H6.CH3Cl/c1-7-2-4-8(6-9)5-3-7;2*1-2/h2-6H,1H3;1-2H3;1H3. The Morgan fingerprint density at radius 1 is 1.08 bits per heavy atom. The molecule has 13 heavy (non-hydrogen) atoms. The molecular weight excluding hydrogens is 184 g/mol. The van der Waals surface area contributed by atoms with Crippen LogP contribution >= 0.6 is 11.6 Å². The van der Waals surface area contributed by atoms with Crippen molar-refractivity contribution in [2.45, 2.75) is 20.8 Å². The van der Waals surface area contributed by atoms with E-state index in [4.69, 9.17) is 0 Å². The molecule has 0 spiro atoms. The minimum Gasteiger partial charge on any atom is -0.298 e. The fourth-order valence-corrected chi connectivity index (χ4v) is 0.645. The van der Waals surface area contributed by atoms with Gasteiger partial charge < -0.3 is 0 Å². The van der Waals surface area contributed by atoms with Gasteiger partial charge in [-0.2, -0.15) is 0 Å². The Kier molecular flexibility index (Phi) is 12.6. The van der Waals surface area contributed by atoms with E-state index in [2.05, 4.69) is 11.6 Å². The van der Waals surface area contributed by atoms with Crippen LogP contribution in [-0.2, 0) is 0 Å². The molecular formula is C11H17ClO. The second-order valence-corrected chi connectivity index (χ2v) is 2.03. The molecule has 0 bridgehead atoms. The lowest BCUT2D eigenvalue weighted by Gasteiger charge is -1.89. The highest BCUT2D eigenvalue weighted by molar-refractivity contribution is 6.15. The maximum absolute atomic E-state index is 10.1. The van der Waals surface area contributed by atoms with E-state index in [9.17, 15) is 4.79 Å². The van der Waals surface area contributed by atoms with Crippen molar-refractivity contribution in [3.8, 4) is 0 Å². The molecule has 1 nitrogen and oxygen atoms in total. The van der Waals surface area contributed by atoms with Crippen molar-refractivity contribution in [1.82, 2.24) is 0 Å². The van der Waals surface area contributed by atoms with Gasteiger partial charge in [-0.1, -0.05) is 43.7 Å². The first-order chi connectivity index (χ1) is 6.33. The zero-order valence-electron chi connectivity index (χ0n) is 8.67. The first-order valence-electron chi connectivity index (χ1n) is 4.22. The second-order valence-electron chi connectivity index (χ2n) is 2.03. The molecule has 0 saturated heterocycles. The molecule has 2 heteroatoms. The van der Waals surface area contributed by atoms with E-state index in [-0.39, 0.29) is 0 Å². The van der Waals surface area contributed by atoms with E-state index < -0.39 is 0 Å². The maximum Gasteiger partial charge on any atom is 0.150 e. The van der Waals surface area contributed by atoms with Crippen molar-refractivity contribution in [1.29, 1.82) is 0 Å². The van der Waals surface area contributed by atoms with Crippen molar-refractivity contribution < 1.29 is 4.79 Å². The lowest BCUT2D eigenvalue weighted by molar-refractivity contribution is 0.112. The Hall–Kier alpha value is -0.820. The molecule has 1 rings (SSSR count). The molecule has 0 aliphatic rings. The summed E-state index contributed by atoms with van der Waals surface area (Å²) in [7, 11) is 0. The molecule has 0 aliphatic carbocycles. The third-order valence-corrected chi connectivity index (χ3v) is 1.21. The minimum atomic E-state index is 0.737. The van der Waals surface area contributed by atoms with Crippen molar-refractivity contribution in [3.05, 3.63) is 35.4 Å². The van der Waals surface area contributed by atoms with Gasteiger partial charge in [0.05, 0.1) is 0 Å². The fraction of sp³-hybridized carbons (Fsp3) is 0.364. The fourth-order valence-electron chi connectivity index (χ4n) is 0.645. The number of hydrogen-bond acceptors (Lipinski definition) is 1. The average Bonchev–Trinajstić information content (AvgIpc) is 2.25. The van der Waals surface area contributed by atoms with Crippen LogP contribution in [0.4, 0.5) is 0 Å². The third-order valence-electron chi connectivity index (χ3n) is 1.21. The molecule has 0 saturated carbocycles. The van der Waals surface area contributed by atoms with Crippen LogP contribution in [0.15, 0.2) is 24.3 Å². The molecule has 0 atom stereocenters. The SMILES string of the molecule is CC.CCl.Cc1ccc(C=O)cc1. The van der Waals surface area contributed by atoms with Gasteiger partial charge in [-0.25, -0.2) is 0 Å². The first-order valence-corrected chi connectivity index (χ1v) is 4.98. The summed E-state index contributed by atoms with van der Waals surface area (Å²) in [4.78, 5) is 10.1. The zero-order chi connectivity index (χ0) is 10.7. The van der Waals surface area contributed by atoms with Gasteiger partial charge in [-0.3, -0.25) is 4.79 Å². The largest absolute Gasteiger partial charge is 0.298 e. The summed E-state index contributed by atoms with van der Waals surface area (Å²) in [5.74, 6) is 0. The van der Waals surface area contributed by atoms with Crippen LogP contribution < -0.4 is 0 Å². The van der Waals surface area contributed by atoms with Gasteiger partial charge in [0.15, 0.2) is 0 Å². The molecule has 0 N–H and O–H groups in total. The molecule has 1 aromatic rings. The van der Waals surface area contributed by atoms with Crippen LogP contribution in [0.3, 0.4) is 0 Å². The van der Waals surface area contributed by atoms with E-state index in [1.54, 1.807) is 0 Å². The van der Waals surface area contributed by atoms with Gasteiger partial charge in [0, 0.05) is 11.9 Å². The molecule has 0 fully saturated rings. The van der Waals surface area contributed by atoms with Gasteiger partial charge in [0.2, 0.25) is 0 Å². The van der Waals surface area contributed by atoms with E-state index in [1.165, 1.54) is 11.9 Å². The number of aryl methyl sites for hydroxylation is 1. The quantitative estimate of drug-likeness (QED) is 0.499. The van der Waals surface area contributed by atoms with Crippen LogP contribution in [0.5, 0.6) is 0 Å². The number of hydrogen-bond donors (Lipinski definition) is 0. The van der Waals surface area contributed by atoms with E-state index >= 15 is 0 Å². The van der Waals surface area contributed by atoms with E-state index in [0.717, 1.165) is 11.8 Å². The number of carbonyl (C=O) groups is 1. The Morgan fingerprint density at radius 3 is 1.77 bits per heavy atom. The van der Waals surface area contributed by atoms with Crippen LogP contribution in [0.2, 0.25) is 0 Å². The summed E-state index contributed by atoms with van der Waals surface area (Å²) in [6.07, 6.45) is 2.32. The molecule has 0 aromatic heterocycles. The van der Waals surface area contributed by atoms with Gasteiger partial charge >= 0.3 is 0 Å². The molecule has 0 unspecified atom stereocenters. The monoisotopic (exact) mass is 200 g/mol. The van der Waals surface area contributed by atoms with Crippen molar-refractivity contribution >= 4 is 17.9 Å². The van der Waals surface area contributed by atoms with Crippen LogP contribution in [0, 0.1) is 6.92 Å². The molecule has 0 aliphatic heterocycles. The molecule has 0 heterocycles. The zero-order valence-corrected chi connectivity index (χ0v) is 9.43. The van der Waals surface area contributed by atoms with Gasteiger partial charge in [-0.05, 0) is 6.92 Å². The highest BCUT2D eigenvalue weighted by Crippen LogP contribution is 1.98. The van der Waals surface area contributed by atoms with Crippen LogP contribution in [-0.4, -0.2) is 12.7 Å². The number of alkyl halides is 1. The van der Waals surface area contributed by atoms with Crippen molar-refractivity contribution in [2.75, 3.05) is 6.38 Å². The average molecular weight is 201 g/mol. The van der Waals surface area contributed by atoms with E-state index in [0.29, 0.717) is 0 Å². The summed E-state index contributed by atoms with van der Waals surface area (Å²) >= 11 is 4.64.